The second kappa shape index (κ2) is 14.1. The van der Waals surface area contributed by atoms with Gasteiger partial charge >= 0.3 is 0 Å². The maximum atomic E-state index is 12.3. The van der Waals surface area contributed by atoms with Gasteiger partial charge in [-0.05, 0) is 44.4 Å². The number of hydrogen-bond donors (Lipinski definition) is 3. The average molecular weight is 510 g/mol. The lowest BCUT2D eigenvalue weighted by molar-refractivity contribution is -0.0337. The summed E-state index contributed by atoms with van der Waals surface area (Å²) in [6, 6.07) is 3.76. The fourth-order valence-corrected chi connectivity index (χ4v) is 3.66. The number of alkyl halides is 2. The van der Waals surface area contributed by atoms with Crippen LogP contribution in [0.1, 0.15) is 94.0 Å². The highest BCUT2D eigenvalue weighted by Crippen LogP contribution is 2.32. The minimum Gasteiger partial charge on any atom is -0.345 e. The van der Waals surface area contributed by atoms with Gasteiger partial charge in [0.25, 0.3) is 5.91 Å². The lowest BCUT2D eigenvalue weighted by atomic mass is 9.97. The molecular formula is C24H37F2N7OS. The number of amides is 1. The maximum Gasteiger partial charge on any atom is 0.269 e. The van der Waals surface area contributed by atoms with E-state index >= 15 is 0 Å². The number of carbonyl (C=O) groups is 1. The van der Waals surface area contributed by atoms with Crippen LogP contribution in [0.25, 0.3) is 5.65 Å². The Balaban J connectivity index is 0.000000327. The van der Waals surface area contributed by atoms with Crippen LogP contribution in [0.2, 0.25) is 0 Å². The Morgan fingerprint density at radius 3 is 2.43 bits per heavy atom. The van der Waals surface area contributed by atoms with Crippen molar-refractivity contribution in [2.45, 2.75) is 91.3 Å². The molecule has 1 fully saturated rings. The fourth-order valence-electron chi connectivity index (χ4n) is 3.47. The van der Waals surface area contributed by atoms with Gasteiger partial charge in [-0.15, -0.1) is 0 Å². The number of nitrogens with one attached hydrogen (secondary N) is 2. The molecule has 0 bridgehead atoms. The Kier molecular flexibility index (Phi) is 11.6. The van der Waals surface area contributed by atoms with Gasteiger partial charge in [-0.25, -0.2) is 18.3 Å². The monoisotopic (exact) mass is 509 g/mol. The lowest BCUT2D eigenvalue weighted by Gasteiger charge is -2.20. The largest absolute Gasteiger partial charge is 0.345 e. The first-order chi connectivity index (χ1) is 16.7. The van der Waals surface area contributed by atoms with E-state index < -0.39 is 5.92 Å². The van der Waals surface area contributed by atoms with E-state index in [1.807, 2.05) is 19.9 Å². The lowest BCUT2D eigenvalue weighted by Crippen LogP contribution is -2.26. The molecule has 1 saturated carbocycles. The number of carbonyl (C=O) groups excluding carboxylic acids is 1. The van der Waals surface area contributed by atoms with Crippen LogP contribution in [0.3, 0.4) is 0 Å². The van der Waals surface area contributed by atoms with Gasteiger partial charge in [0.05, 0.1) is 24.6 Å². The molecule has 3 heterocycles. The number of imidazole rings is 1. The molecule has 0 radical (unpaired) electrons. The van der Waals surface area contributed by atoms with Crippen molar-refractivity contribution < 1.29 is 13.6 Å². The predicted octanol–water partition coefficient (Wildman–Crippen LogP) is 5.37. The number of aromatic nitrogens is 5. The molecule has 4 rings (SSSR count). The van der Waals surface area contributed by atoms with Crippen LogP contribution in [0.5, 0.6) is 0 Å². The quantitative estimate of drug-likeness (QED) is 0.389. The Morgan fingerprint density at radius 1 is 1.17 bits per heavy atom. The minimum absolute atomic E-state index is 0.118. The zero-order valence-electron chi connectivity index (χ0n) is 21.0. The van der Waals surface area contributed by atoms with Crippen LogP contribution >= 0.6 is 12.8 Å². The van der Waals surface area contributed by atoms with Gasteiger partial charge in [0.15, 0.2) is 5.65 Å². The number of halogens is 2. The average Bonchev–Trinajstić information content (AvgIpc) is 3.45. The standard InChI is InChI=1S/C15H19N7OS.C6H10F2.C3H8/c1-10(2)22-13(3-4-17-22)15(23)16-8-12-9-21-14(20-12)5-11(6-18-21)7-19-24;7-6(8)4-2-1-3-5-6;1-3-2/h3-6,9-10,19,24H,7-8H2,1-2H3,(H,16,23);1-5H2;3H2,1-2H3. The topological polar surface area (TPSA) is 89.1 Å². The second-order valence-corrected chi connectivity index (χ2v) is 9.11. The smallest absolute Gasteiger partial charge is 0.269 e. The molecule has 1 aliphatic carbocycles. The van der Waals surface area contributed by atoms with Gasteiger partial charge in [-0.1, -0.05) is 39.5 Å². The molecule has 11 heteroatoms. The summed E-state index contributed by atoms with van der Waals surface area (Å²) in [5.74, 6) is -2.50. The summed E-state index contributed by atoms with van der Waals surface area (Å²) in [5, 5.41) is 11.3. The summed E-state index contributed by atoms with van der Waals surface area (Å²) >= 11 is 3.98. The van der Waals surface area contributed by atoms with Crippen LogP contribution in [0, 0.1) is 0 Å². The van der Waals surface area contributed by atoms with Gasteiger partial charge in [-0.3, -0.25) is 14.2 Å². The van der Waals surface area contributed by atoms with Crippen molar-refractivity contribution in [2.24, 2.45) is 0 Å². The van der Waals surface area contributed by atoms with Crippen molar-refractivity contribution in [3.05, 3.63) is 47.7 Å². The first kappa shape index (κ1) is 28.7. The van der Waals surface area contributed by atoms with Crippen molar-refractivity contribution in [1.82, 2.24) is 34.4 Å². The molecule has 0 saturated heterocycles. The van der Waals surface area contributed by atoms with Crippen molar-refractivity contribution in [3.8, 4) is 0 Å². The number of nitrogens with zero attached hydrogens (tertiary/aromatic N) is 5. The second-order valence-electron chi connectivity index (χ2n) is 8.79. The zero-order valence-corrected chi connectivity index (χ0v) is 21.9. The first-order valence-electron chi connectivity index (χ1n) is 12.1. The van der Waals surface area contributed by atoms with Gasteiger partial charge in [0.1, 0.15) is 5.69 Å². The summed E-state index contributed by atoms with van der Waals surface area (Å²) in [5.41, 5.74) is 2.99. The highest BCUT2D eigenvalue weighted by atomic mass is 32.1. The molecule has 8 nitrogen and oxygen atoms in total. The summed E-state index contributed by atoms with van der Waals surface area (Å²) in [4.78, 5) is 16.8. The molecule has 0 spiro atoms. The number of rotatable bonds is 6. The number of thiol groups is 1. The highest BCUT2D eigenvalue weighted by Gasteiger charge is 2.30. The maximum absolute atomic E-state index is 12.3. The third-order valence-corrected chi connectivity index (χ3v) is 5.28. The van der Waals surface area contributed by atoms with E-state index in [0.29, 0.717) is 31.6 Å². The SMILES string of the molecule is CC(C)n1nccc1C(=O)NCc1cn2ncc(CNS)cc2n1.CCC.FC1(F)CCCCC1. The van der Waals surface area contributed by atoms with Crippen LogP contribution in [0.15, 0.2) is 30.7 Å². The highest BCUT2D eigenvalue weighted by molar-refractivity contribution is 7.78. The Labute approximate surface area is 211 Å². The fraction of sp³-hybridized carbons (Fsp3) is 0.583. The molecule has 35 heavy (non-hydrogen) atoms. The van der Waals surface area contributed by atoms with Crippen molar-refractivity contribution in [2.75, 3.05) is 0 Å². The third kappa shape index (κ3) is 9.21. The molecule has 3 aromatic heterocycles. The van der Waals surface area contributed by atoms with Gasteiger partial charge in [-0.2, -0.15) is 10.2 Å². The van der Waals surface area contributed by atoms with Crippen molar-refractivity contribution >= 4 is 24.4 Å². The number of hydrogen-bond acceptors (Lipinski definition) is 6. The van der Waals surface area contributed by atoms with Crippen LogP contribution in [-0.2, 0) is 13.1 Å². The third-order valence-electron chi connectivity index (χ3n) is 5.12. The summed E-state index contributed by atoms with van der Waals surface area (Å²) in [6.07, 6.45) is 9.09. The normalized spacial score (nSPS) is 14.6. The van der Waals surface area contributed by atoms with E-state index in [0.717, 1.165) is 23.3 Å². The molecule has 1 amide bonds. The zero-order chi connectivity index (χ0) is 25.8. The van der Waals surface area contributed by atoms with Gasteiger partial charge in [0.2, 0.25) is 5.92 Å². The van der Waals surface area contributed by atoms with Gasteiger partial charge < -0.3 is 5.32 Å². The van der Waals surface area contributed by atoms with E-state index in [1.165, 1.54) is 6.42 Å². The molecular weight excluding hydrogens is 472 g/mol. The molecule has 0 aromatic carbocycles. The predicted molar refractivity (Wildman–Crippen MR) is 137 cm³/mol. The van der Waals surface area contributed by atoms with Crippen LogP contribution in [0.4, 0.5) is 8.78 Å². The number of fused-ring (bicyclic) bond motifs is 1. The molecule has 2 N–H and O–H groups in total. The van der Waals surface area contributed by atoms with Gasteiger partial charge in [0, 0.05) is 31.6 Å². The van der Waals surface area contributed by atoms with Crippen molar-refractivity contribution in [1.29, 1.82) is 0 Å². The Morgan fingerprint density at radius 2 is 1.86 bits per heavy atom. The molecule has 0 atom stereocenters. The van der Waals surface area contributed by atoms with Crippen LogP contribution < -0.4 is 10.0 Å². The van der Waals surface area contributed by atoms with E-state index in [4.69, 9.17) is 0 Å². The minimum atomic E-state index is -2.32. The van der Waals surface area contributed by atoms with E-state index in [2.05, 4.69) is 51.9 Å². The first-order valence-corrected chi connectivity index (χ1v) is 12.5. The summed E-state index contributed by atoms with van der Waals surface area (Å²) in [7, 11) is 0. The van der Waals surface area contributed by atoms with Crippen LogP contribution in [-0.4, -0.2) is 36.2 Å². The Hall–Kier alpha value is -2.53. The molecule has 0 unspecified atom stereocenters. The Bertz CT molecular complexity index is 1040. The van der Waals surface area contributed by atoms with E-state index in [1.54, 1.807) is 33.9 Å². The molecule has 0 aliphatic heterocycles. The molecule has 1 aliphatic rings. The molecule has 3 aromatic rings. The van der Waals surface area contributed by atoms with E-state index in [9.17, 15) is 13.6 Å². The van der Waals surface area contributed by atoms with Crippen molar-refractivity contribution in [3.63, 3.8) is 0 Å². The summed E-state index contributed by atoms with van der Waals surface area (Å²) in [6.45, 7) is 9.14. The summed E-state index contributed by atoms with van der Waals surface area (Å²) < 4.78 is 30.6. The van der Waals surface area contributed by atoms with E-state index in [-0.39, 0.29) is 24.8 Å². The molecule has 194 valence electrons.